The lowest BCUT2D eigenvalue weighted by atomic mass is 9.85. The highest BCUT2D eigenvalue weighted by Crippen LogP contribution is 2.23. The summed E-state index contributed by atoms with van der Waals surface area (Å²) in [4.78, 5) is 140. The van der Waals surface area contributed by atoms with E-state index in [1.165, 1.54) is 13.8 Å². The molecule has 2 fully saturated rings. The van der Waals surface area contributed by atoms with Crippen LogP contribution in [-0.2, 0) is 54.4 Å². The van der Waals surface area contributed by atoms with Gasteiger partial charge < -0.3 is 92.0 Å². The Bertz CT molecular complexity index is 2130. The molecule has 1 heterocycles. The number of hydrogen-bond acceptors (Lipinski definition) is 17. The molecule has 1 saturated carbocycles. The molecule has 11 atom stereocenters. The minimum atomic E-state index is -1.66. The van der Waals surface area contributed by atoms with E-state index < -0.39 is 145 Å². The Kier molecular flexibility index (Phi) is 27.9. The molecule has 77 heavy (non-hydrogen) atoms. The van der Waals surface area contributed by atoms with Gasteiger partial charge in [-0.05, 0) is 116 Å². The van der Waals surface area contributed by atoms with Gasteiger partial charge in [0.05, 0.1) is 12.2 Å². The van der Waals surface area contributed by atoms with Crippen molar-refractivity contribution in [3.05, 3.63) is 35.9 Å². The molecule has 22 N–H and O–H groups in total. The third-order valence-electron chi connectivity index (χ3n) is 13.2. The number of aliphatic hydroxyl groups is 2. The standard InChI is InChI=1S/C50H85N15O12/c1-26(2)24-37-47(74)59-32(14-19-51)42(69)58-35(17-22-54)46(73)65-39(27(3)66)49(76)56-23-18-36(45(72)57-33(15-20-52)44(71)63-38(48(75)62-37)25-29-8-6-5-7-9-29)60-43(70)34(16-21-53)61-50(77)40(28(4)67)64-41(68)30-10-12-31(55)13-11-30/h5-9,26-28,30-40,66-67H,10-25,51-55H2,1-4H3,(H,56,76)(H,57,72)(H,58,69)(H,59,74)(H,60,70)(H,61,77)(H,62,75)(H,63,71)(H,64,68)(H,65,73)/t27?,28?,30-,31+,32-,33-,34-,35-,36-,37-,38+,39-,40-/m0/s1. The van der Waals surface area contributed by atoms with E-state index >= 15 is 0 Å². The maximum absolute atomic E-state index is 14.4. The average molecular weight is 1090 g/mol. The van der Waals surface area contributed by atoms with E-state index in [0.29, 0.717) is 31.2 Å². The smallest absolute Gasteiger partial charge is 0.245 e. The normalized spacial score (nSPS) is 26.4. The van der Waals surface area contributed by atoms with Crippen LogP contribution in [0.15, 0.2) is 30.3 Å². The molecule has 432 valence electrons. The monoisotopic (exact) mass is 1090 g/mol. The number of rotatable bonds is 20. The Morgan fingerprint density at radius 1 is 0.597 bits per heavy atom. The van der Waals surface area contributed by atoms with Crippen molar-refractivity contribution in [2.24, 2.45) is 40.5 Å². The van der Waals surface area contributed by atoms with Gasteiger partial charge in [0.2, 0.25) is 59.1 Å². The molecular weight excluding hydrogens is 1000 g/mol. The Hall–Kier alpha value is -6.36. The van der Waals surface area contributed by atoms with Crippen molar-refractivity contribution in [1.29, 1.82) is 0 Å². The zero-order valence-electron chi connectivity index (χ0n) is 44.6. The van der Waals surface area contributed by atoms with E-state index in [4.69, 9.17) is 28.7 Å². The second-order valence-corrected chi connectivity index (χ2v) is 20.2. The summed E-state index contributed by atoms with van der Waals surface area (Å²) in [6, 6.07) is -4.59. The number of amides is 10. The van der Waals surface area contributed by atoms with Crippen molar-refractivity contribution in [2.45, 2.75) is 171 Å². The molecule has 27 heteroatoms. The minimum absolute atomic E-state index is 0.0598. The largest absolute Gasteiger partial charge is 0.391 e. The maximum atomic E-state index is 14.4. The summed E-state index contributed by atoms with van der Waals surface area (Å²) in [6.07, 6.45) is -1.99. The molecule has 0 bridgehead atoms. The van der Waals surface area contributed by atoms with Crippen LogP contribution < -0.4 is 81.8 Å². The molecule has 1 aromatic rings. The predicted molar refractivity (Wildman–Crippen MR) is 283 cm³/mol. The molecule has 10 amide bonds. The lowest BCUT2D eigenvalue weighted by Crippen LogP contribution is -2.61. The molecule has 0 spiro atoms. The van der Waals surface area contributed by atoms with Crippen LogP contribution in [0.2, 0.25) is 0 Å². The van der Waals surface area contributed by atoms with E-state index in [0.717, 1.165) is 0 Å². The summed E-state index contributed by atoms with van der Waals surface area (Å²) in [5.74, 6) is -9.29. The van der Waals surface area contributed by atoms with Gasteiger partial charge in [-0.3, -0.25) is 47.9 Å². The lowest BCUT2D eigenvalue weighted by Gasteiger charge is -2.29. The second-order valence-electron chi connectivity index (χ2n) is 20.2. The quantitative estimate of drug-likeness (QED) is 0.0578. The lowest BCUT2D eigenvalue weighted by molar-refractivity contribution is -0.137. The fourth-order valence-corrected chi connectivity index (χ4v) is 8.83. The van der Waals surface area contributed by atoms with Gasteiger partial charge in [0.15, 0.2) is 0 Å². The van der Waals surface area contributed by atoms with Crippen LogP contribution in [0.25, 0.3) is 0 Å². The van der Waals surface area contributed by atoms with Crippen molar-refractivity contribution in [3.63, 3.8) is 0 Å². The summed E-state index contributed by atoms with van der Waals surface area (Å²) < 4.78 is 0. The first kappa shape index (κ1) is 64.9. The van der Waals surface area contributed by atoms with Crippen molar-refractivity contribution in [2.75, 3.05) is 32.7 Å². The Labute approximate surface area is 449 Å². The van der Waals surface area contributed by atoms with Gasteiger partial charge in [-0.1, -0.05) is 44.2 Å². The highest BCUT2D eigenvalue weighted by Gasteiger charge is 2.38. The van der Waals surface area contributed by atoms with Crippen molar-refractivity contribution < 1.29 is 58.2 Å². The molecular formula is C50H85N15O12. The number of nitrogens with two attached hydrogens (primary N) is 5. The van der Waals surface area contributed by atoms with Crippen LogP contribution in [0, 0.1) is 11.8 Å². The van der Waals surface area contributed by atoms with Gasteiger partial charge in [-0.25, -0.2) is 0 Å². The fourth-order valence-electron chi connectivity index (χ4n) is 8.83. The second kappa shape index (κ2) is 33.0. The fraction of sp³-hybridized carbons (Fsp3) is 0.680. The van der Waals surface area contributed by atoms with E-state index in [-0.39, 0.29) is 76.7 Å². The first-order chi connectivity index (χ1) is 36.5. The highest BCUT2D eigenvalue weighted by molar-refractivity contribution is 5.99. The Morgan fingerprint density at radius 2 is 1.09 bits per heavy atom. The van der Waals surface area contributed by atoms with Gasteiger partial charge in [0, 0.05) is 24.9 Å². The first-order valence-corrected chi connectivity index (χ1v) is 26.5. The number of carbonyl (C=O) groups excluding carboxylic acids is 10. The van der Waals surface area contributed by atoms with Crippen molar-refractivity contribution in [3.8, 4) is 0 Å². The number of benzene rings is 1. The topological polar surface area (TPSA) is 462 Å². The van der Waals surface area contributed by atoms with E-state index in [2.05, 4.69) is 53.2 Å². The molecule has 2 aliphatic rings. The van der Waals surface area contributed by atoms with Gasteiger partial charge in [-0.15, -0.1) is 0 Å². The number of nitrogens with one attached hydrogen (secondary N) is 10. The average Bonchev–Trinajstić information content (AvgIpc) is 3.37. The molecule has 27 nitrogen and oxygen atoms in total. The van der Waals surface area contributed by atoms with E-state index in [9.17, 15) is 58.2 Å². The number of hydrogen-bond donors (Lipinski definition) is 17. The summed E-state index contributed by atoms with van der Waals surface area (Å²) in [5, 5.41) is 47.0. The zero-order valence-corrected chi connectivity index (χ0v) is 44.6. The molecule has 0 radical (unpaired) electrons. The van der Waals surface area contributed by atoms with Crippen LogP contribution in [-0.4, -0.2) is 175 Å². The van der Waals surface area contributed by atoms with E-state index in [1.54, 1.807) is 44.2 Å². The van der Waals surface area contributed by atoms with Gasteiger partial charge in [0.25, 0.3) is 0 Å². The SMILES string of the molecule is CC(C)C[C@@H]1NC(=O)[C@@H](Cc2ccccc2)NC(=O)[C@H](CCN)NC(=O)[C@@H](NC(=O)[C@H](CCN)NC(=O)[C@@H](NC(=O)[C@H]2CC[C@@H](N)CC2)C(C)O)CCNC(=O)[C@H](C(C)O)NC(=O)[C@H](CCN)NC(=O)[C@H](CCN)NC1=O. The number of aliphatic hydroxyl groups excluding tert-OH is 2. The summed E-state index contributed by atoms with van der Waals surface area (Å²) in [7, 11) is 0. The van der Waals surface area contributed by atoms with Gasteiger partial charge in [-0.2, -0.15) is 0 Å². The Morgan fingerprint density at radius 3 is 1.60 bits per heavy atom. The predicted octanol–water partition coefficient (Wildman–Crippen LogP) is -6.17. The van der Waals surface area contributed by atoms with Crippen LogP contribution in [0.3, 0.4) is 0 Å². The molecule has 1 aliphatic carbocycles. The molecule has 1 aliphatic heterocycles. The van der Waals surface area contributed by atoms with Crippen LogP contribution in [0.4, 0.5) is 0 Å². The summed E-state index contributed by atoms with van der Waals surface area (Å²) in [5.41, 5.74) is 30.1. The van der Waals surface area contributed by atoms with Crippen molar-refractivity contribution in [1.82, 2.24) is 53.2 Å². The van der Waals surface area contributed by atoms with Crippen LogP contribution in [0.5, 0.6) is 0 Å². The molecule has 3 rings (SSSR count). The Balaban J connectivity index is 2.10. The summed E-state index contributed by atoms with van der Waals surface area (Å²) >= 11 is 0. The third kappa shape index (κ3) is 21.5. The third-order valence-corrected chi connectivity index (χ3v) is 13.2. The van der Waals surface area contributed by atoms with Gasteiger partial charge in [0.1, 0.15) is 54.4 Å². The van der Waals surface area contributed by atoms with E-state index in [1.807, 2.05) is 0 Å². The van der Waals surface area contributed by atoms with Gasteiger partial charge >= 0.3 is 0 Å². The molecule has 1 saturated heterocycles. The van der Waals surface area contributed by atoms with Crippen LogP contribution in [0.1, 0.15) is 97.5 Å². The minimum Gasteiger partial charge on any atom is -0.391 e. The molecule has 2 unspecified atom stereocenters. The molecule has 0 aromatic heterocycles. The van der Waals surface area contributed by atoms with Crippen LogP contribution >= 0.6 is 0 Å². The first-order valence-electron chi connectivity index (χ1n) is 26.5. The number of carbonyl (C=O) groups is 10. The van der Waals surface area contributed by atoms with Crippen molar-refractivity contribution >= 4 is 59.1 Å². The maximum Gasteiger partial charge on any atom is 0.245 e. The highest BCUT2D eigenvalue weighted by atomic mass is 16.3. The zero-order chi connectivity index (χ0) is 57.4. The molecule has 1 aromatic carbocycles. The summed E-state index contributed by atoms with van der Waals surface area (Å²) in [6.45, 7) is 5.07.